The van der Waals surface area contributed by atoms with Crippen LogP contribution in [0.25, 0.3) is 5.57 Å². The number of hydrogen-bond acceptors (Lipinski definition) is 0. The van der Waals surface area contributed by atoms with Gasteiger partial charge in [-0.05, 0) is 58.7 Å². The van der Waals surface area contributed by atoms with Crippen molar-refractivity contribution in [1.82, 2.24) is 0 Å². The fraction of sp³-hybridized carbons (Fsp3) is 0.133. The summed E-state index contributed by atoms with van der Waals surface area (Å²) in [5.41, 5.74) is 9.27. The fourth-order valence-corrected chi connectivity index (χ4v) is 5.16. The van der Waals surface area contributed by atoms with E-state index in [1.807, 2.05) is 0 Å². The van der Waals surface area contributed by atoms with Gasteiger partial charge in [-0.25, -0.2) is 0 Å². The molecular weight excluding hydrogens is 360 g/mol. The number of benzene rings is 3. The van der Waals surface area contributed by atoms with Gasteiger partial charge >= 0.3 is 0 Å². The molecule has 0 aromatic heterocycles. The summed E-state index contributed by atoms with van der Waals surface area (Å²) in [6.45, 7) is 2.25. The maximum absolute atomic E-state index is 2.35. The predicted octanol–water partition coefficient (Wildman–Crippen LogP) is 7.56. The van der Waals surface area contributed by atoms with E-state index in [1.165, 1.54) is 39.0 Å². The Morgan fingerprint density at radius 2 is 1.27 bits per heavy atom. The average molecular weight is 387 g/mol. The van der Waals surface area contributed by atoms with Crippen LogP contribution in [-0.2, 0) is 5.41 Å². The zero-order chi connectivity index (χ0) is 20.4. The summed E-state index contributed by atoms with van der Waals surface area (Å²) < 4.78 is 0. The lowest BCUT2D eigenvalue weighted by Gasteiger charge is -2.40. The first-order chi connectivity index (χ1) is 14.8. The van der Waals surface area contributed by atoms with Gasteiger partial charge in [0, 0.05) is 0 Å². The Kier molecular flexibility index (Phi) is 4.85. The number of hydrogen-bond donors (Lipinski definition) is 0. The number of allylic oxidation sites excluding steroid dienone is 8. The molecule has 0 heteroatoms. The van der Waals surface area contributed by atoms with E-state index in [-0.39, 0.29) is 5.41 Å². The Labute approximate surface area is 179 Å². The molecule has 2 aliphatic carbocycles. The van der Waals surface area contributed by atoms with Crippen LogP contribution >= 0.6 is 0 Å². The molecule has 2 aliphatic rings. The molecule has 0 atom stereocenters. The van der Waals surface area contributed by atoms with E-state index in [4.69, 9.17) is 0 Å². The van der Waals surface area contributed by atoms with Crippen LogP contribution in [0.3, 0.4) is 0 Å². The summed E-state index contributed by atoms with van der Waals surface area (Å²) in [7, 11) is 0. The van der Waals surface area contributed by atoms with Crippen LogP contribution < -0.4 is 0 Å². The molecule has 0 aliphatic heterocycles. The van der Waals surface area contributed by atoms with Gasteiger partial charge in [-0.15, -0.1) is 0 Å². The van der Waals surface area contributed by atoms with Crippen molar-refractivity contribution in [3.63, 3.8) is 0 Å². The minimum absolute atomic E-state index is 0.323. The van der Waals surface area contributed by atoms with Crippen molar-refractivity contribution in [2.24, 2.45) is 0 Å². The normalized spacial score (nSPS) is 15.4. The van der Waals surface area contributed by atoms with Gasteiger partial charge in [0.05, 0.1) is 5.41 Å². The molecule has 3 aromatic carbocycles. The van der Waals surface area contributed by atoms with Crippen LogP contribution in [0.5, 0.6) is 0 Å². The summed E-state index contributed by atoms with van der Waals surface area (Å²) in [6.07, 6.45) is 15.5. The first-order valence-electron chi connectivity index (χ1n) is 10.7. The fourth-order valence-electron chi connectivity index (χ4n) is 5.16. The Balaban J connectivity index is 1.90. The maximum atomic E-state index is 2.35. The van der Waals surface area contributed by atoms with E-state index >= 15 is 0 Å². The van der Waals surface area contributed by atoms with Crippen LogP contribution in [0.4, 0.5) is 0 Å². The standard InChI is InChI=1S/C30H26/c1-23-13-12-22-28(29(23)24-14-8-9-15-24)30(27-20-10-11-21-27,25-16-4-2-5-17-25)26-18-6-3-7-19-26/h2-14,16-20,22H,15,21H2,1H3. The molecular formula is C30H26. The quantitative estimate of drug-likeness (QED) is 0.397. The number of rotatable bonds is 5. The molecule has 5 rings (SSSR count). The molecule has 0 radical (unpaired) electrons. The SMILES string of the molecule is Cc1cccc(C(C2=CC=CC2)(c2ccccc2)c2ccccc2)c1C1=CC=CC1. The first kappa shape index (κ1) is 18.6. The third-order valence-corrected chi connectivity index (χ3v) is 6.44. The summed E-state index contributed by atoms with van der Waals surface area (Å²) in [5, 5.41) is 0. The first-order valence-corrected chi connectivity index (χ1v) is 10.7. The molecule has 0 N–H and O–H groups in total. The molecule has 0 saturated carbocycles. The highest BCUT2D eigenvalue weighted by atomic mass is 14.4. The van der Waals surface area contributed by atoms with Crippen molar-refractivity contribution < 1.29 is 0 Å². The molecule has 0 saturated heterocycles. The highest BCUT2D eigenvalue weighted by Gasteiger charge is 2.42. The van der Waals surface area contributed by atoms with Gasteiger partial charge in [0.1, 0.15) is 0 Å². The van der Waals surface area contributed by atoms with Crippen LogP contribution in [0.15, 0.2) is 121 Å². The summed E-state index contributed by atoms with van der Waals surface area (Å²) in [5.74, 6) is 0. The molecule has 0 heterocycles. The predicted molar refractivity (Wildman–Crippen MR) is 128 cm³/mol. The highest BCUT2D eigenvalue weighted by Crippen LogP contribution is 2.50. The zero-order valence-corrected chi connectivity index (χ0v) is 17.4. The van der Waals surface area contributed by atoms with Gasteiger partial charge in [-0.1, -0.05) is 115 Å². The minimum Gasteiger partial charge on any atom is -0.0804 e. The van der Waals surface area contributed by atoms with Crippen molar-refractivity contribution in [3.8, 4) is 0 Å². The van der Waals surface area contributed by atoms with Gasteiger partial charge in [0.2, 0.25) is 0 Å². The van der Waals surface area contributed by atoms with E-state index in [0.29, 0.717) is 0 Å². The van der Waals surface area contributed by atoms with Gasteiger partial charge in [-0.2, -0.15) is 0 Å². The van der Waals surface area contributed by atoms with Crippen LogP contribution in [0.2, 0.25) is 0 Å². The lowest BCUT2D eigenvalue weighted by molar-refractivity contribution is 0.707. The number of aryl methyl sites for hydroxylation is 1. The summed E-state index contributed by atoms with van der Waals surface area (Å²) >= 11 is 0. The lowest BCUT2D eigenvalue weighted by Crippen LogP contribution is -2.33. The molecule has 0 unspecified atom stereocenters. The molecule has 0 nitrogen and oxygen atoms in total. The second kappa shape index (κ2) is 7.80. The van der Waals surface area contributed by atoms with Crippen molar-refractivity contribution in [2.75, 3.05) is 0 Å². The van der Waals surface area contributed by atoms with Crippen LogP contribution in [-0.4, -0.2) is 0 Å². The van der Waals surface area contributed by atoms with Crippen molar-refractivity contribution in [1.29, 1.82) is 0 Å². The highest BCUT2D eigenvalue weighted by molar-refractivity contribution is 5.79. The summed E-state index contributed by atoms with van der Waals surface area (Å²) in [6, 6.07) is 28.9. The maximum Gasteiger partial charge on any atom is 0.0673 e. The van der Waals surface area contributed by atoms with E-state index in [1.54, 1.807) is 0 Å². The molecule has 0 spiro atoms. The minimum atomic E-state index is -0.323. The Bertz CT molecular complexity index is 1130. The Morgan fingerprint density at radius 3 is 1.83 bits per heavy atom. The Hall–Kier alpha value is -3.38. The zero-order valence-electron chi connectivity index (χ0n) is 17.4. The van der Waals surface area contributed by atoms with Crippen molar-refractivity contribution in [3.05, 3.63) is 149 Å². The molecule has 30 heavy (non-hydrogen) atoms. The molecule has 3 aromatic rings. The van der Waals surface area contributed by atoms with Crippen molar-refractivity contribution >= 4 is 5.57 Å². The summed E-state index contributed by atoms with van der Waals surface area (Å²) in [4.78, 5) is 0. The molecule has 0 bridgehead atoms. The van der Waals surface area contributed by atoms with Crippen molar-refractivity contribution in [2.45, 2.75) is 25.2 Å². The second-order valence-corrected chi connectivity index (χ2v) is 8.13. The molecule has 146 valence electrons. The van der Waals surface area contributed by atoms with E-state index in [0.717, 1.165) is 12.8 Å². The Morgan fingerprint density at radius 1 is 0.633 bits per heavy atom. The monoisotopic (exact) mass is 386 g/mol. The third-order valence-electron chi connectivity index (χ3n) is 6.44. The van der Waals surface area contributed by atoms with Gasteiger partial charge < -0.3 is 0 Å². The van der Waals surface area contributed by atoms with Crippen LogP contribution in [0, 0.1) is 6.92 Å². The second-order valence-electron chi connectivity index (χ2n) is 8.13. The van der Waals surface area contributed by atoms with Gasteiger partial charge in [0.25, 0.3) is 0 Å². The van der Waals surface area contributed by atoms with E-state index in [2.05, 4.69) is 122 Å². The largest absolute Gasteiger partial charge is 0.0804 e. The van der Waals surface area contributed by atoms with E-state index in [9.17, 15) is 0 Å². The third kappa shape index (κ3) is 2.92. The smallest absolute Gasteiger partial charge is 0.0673 e. The average Bonchev–Trinajstić information content (AvgIpc) is 3.51. The van der Waals surface area contributed by atoms with E-state index < -0.39 is 0 Å². The van der Waals surface area contributed by atoms with Crippen LogP contribution in [0.1, 0.15) is 40.7 Å². The topological polar surface area (TPSA) is 0 Å². The van der Waals surface area contributed by atoms with Gasteiger partial charge in [0.15, 0.2) is 0 Å². The molecule has 0 amide bonds. The molecule has 0 fully saturated rings. The lowest BCUT2D eigenvalue weighted by atomic mass is 9.62. The van der Waals surface area contributed by atoms with Gasteiger partial charge in [-0.3, -0.25) is 0 Å².